The Kier molecular flexibility index (Phi) is 5.41. The smallest absolute Gasteiger partial charge is 0.410 e. The zero-order chi connectivity index (χ0) is 20.6. The summed E-state index contributed by atoms with van der Waals surface area (Å²) in [6.07, 6.45) is 3.00. The van der Waals surface area contributed by atoms with E-state index in [-0.39, 0.29) is 6.09 Å². The molecule has 156 valence electrons. The summed E-state index contributed by atoms with van der Waals surface area (Å²) in [7, 11) is 0. The van der Waals surface area contributed by atoms with Crippen molar-refractivity contribution in [2.75, 3.05) is 13.1 Å². The maximum absolute atomic E-state index is 12.4. The Bertz CT molecular complexity index is 839. The molecular formula is C24H33N3O2. The van der Waals surface area contributed by atoms with Crippen molar-refractivity contribution in [1.29, 1.82) is 0 Å². The van der Waals surface area contributed by atoms with E-state index in [0.29, 0.717) is 17.8 Å². The highest BCUT2D eigenvalue weighted by molar-refractivity contribution is 5.68. The quantitative estimate of drug-likeness (QED) is 0.743. The van der Waals surface area contributed by atoms with Crippen LogP contribution in [0.4, 0.5) is 4.79 Å². The van der Waals surface area contributed by atoms with Crippen molar-refractivity contribution in [2.24, 2.45) is 11.8 Å². The third-order valence-electron chi connectivity index (χ3n) is 6.23. The maximum atomic E-state index is 12.4. The van der Waals surface area contributed by atoms with Crippen LogP contribution in [0.15, 0.2) is 36.4 Å². The molecule has 0 spiro atoms. The highest BCUT2D eigenvalue weighted by Gasteiger charge is 2.44. The standard InChI is InChI=1S/C24H33N3O2/c1-5-27-21(11-17-9-7-6-8-10-17)14-22(25-27)18-12-19-15-26(16-20(19)13-18)23(28)29-24(2,3)4/h6-10,14,18-20H,5,11-13,15-16H2,1-4H3. The summed E-state index contributed by atoms with van der Waals surface area (Å²) in [5.41, 5.74) is 3.42. The molecule has 2 aliphatic rings. The van der Waals surface area contributed by atoms with Crippen LogP contribution >= 0.6 is 0 Å². The summed E-state index contributed by atoms with van der Waals surface area (Å²) >= 11 is 0. The van der Waals surface area contributed by atoms with Crippen molar-refractivity contribution >= 4 is 6.09 Å². The van der Waals surface area contributed by atoms with E-state index in [1.54, 1.807) is 0 Å². The van der Waals surface area contributed by atoms with Crippen LogP contribution in [0.25, 0.3) is 0 Å². The molecule has 29 heavy (non-hydrogen) atoms. The summed E-state index contributed by atoms with van der Waals surface area (Å²) in [5.74, 6) is 1.64. The van der Waals surface area contributed by atoms with Gasteiger partial charge in [-0.3, -0.25) is 4.68 Å². The molecule has 2 heterocycles. The second-order valence-corrected chi connectivity index (χ2v) is 9.61. The van der Waals surface area contributed by atoms with Crippen LogP contribution in [0.3, 0.4) is 0 Å². The van der Waals surface area contributed by atoms with Gasteiger partial charge < -0.3 is 9.64 Å². The summed E-state index contributed by atoms with van der Waals surface area (Å²) in [6, 6.07) is 12.9. The van der Waals surface area contributed by atoms with Gasteiger partial charge in [-0.05, 0) is 64.0 Å². The van der Waals surface area contributed by atoms with Crippen LogP contribution in [0.2, 0.25) is 0 Å². The van der Waals surface area contributed by atoms with Gasteiger partial charge in [0.25, 0.3) is 0 Å². The zero-order valence-electron chi connectivity index (χ0n) is 18.1. The molecule has 1 amide bonds. The van der Waals surface area contributed by atoms with Gasteiger partial charge in [0.2, 0.25) is 0 Å². The predicted octanol–water partition coefficient (Wildman–Crippen LogP) is 4.85. The number of amides is 1. The van der Waals surface area contributed by atoms with Gasteiger partial charge in [-0.1, -0.05) is 30.3 Å². The minimum Gasteiger partial charge on any atom is -0.444 e. The third kappa shape index (κ3) is 4.49. The molecule has 1 aromatic heterocycles. The predicted molar refractivity (Wildman–Crippen MR) is 114 cm³/mol. The van der Waals surface area contributed by atoms with Crippen molar-refractivity contribution in [1.82, 2.24) is 14.7 Å². The molecule has 2 aromatic rings. The lowest BCUT2D eigenvalue weighted by molar-refractivity contribution is 0.0279. The molecular weight excluding hydrogens is 362 g/mol. The SMILES string of the molecule is CCn1nc(C2CC3CN(C(=O)OC(C)(C)C)CC3C2)cc1Cc1ccccc1. The van der Waals surface area contributed by atoms with Crippen molar-refractivity contribution < 1.29 is 9.53 Å². The average Bonchev–Trinajstić information content (AvgIpc) is 3.33. The van der Waals surface area contributed by atoms with E-state index in [1.165, 1.54) is 17.0 Å². The van der Waals surface area contributed by atoms with Gasteiger partial charge in [-0.2, -0.15) is 5.10 Å². The van der Waals surface area contributed by atoms with Gasteiger partial charge in [-0.15, -0.1) is 0 Å². The molecule has 1 aliphatic carbocycles. The van der Waals surface area contributed by atoms with E-state index in [0.717, 1.165) is 38.9 Å². The number of aromatic nitrogens is 2. The molecule has 2 unspecified atom stereocenters. The fraction of sp³-hybridized carbons (Fsp3) is 0.583. The number of aryl methyl sites for hydroxylation is 1. The van der Waals surface area contributed by atoms with Crippen molar-refractivity contribution in [3.05, 3.63) is 53.3 Å². The first kappa shape index (κ1) is 20.0. The van der Waals surface area contributed by atoms with Gasteiger partial charge in [-0.25, -0.2) is 4.79 Å². The van der Waals surface area contributed by atoms with Crippen LogP contribution in [0.5, 0.6) is 0 Å². The summed E-state index contributed by atoms with van der Waals surface area (Å²) in [5, 5.41) is 4.95. The monoisotopic (exact) mass is 395 g/mol. The van der Waals surface area contributed by atoms with Crippen molar-refractivity contribution in [3.8, 4) is 0 Å². The lowest BCUT2D eigenvalue weighted by Crippen LogP contribution is -2.36. The zero-order valence-corrected chi connectivity index (χ0v) is 18.1. The molecule has 2 fully saturated rings. The molecule has 2 atom stereocenters. The Balaban J connectivity index is 1.40. The van der Waals surface area contributed by atoms with E-state index >= 15 is 0 Å². The number of hydrogen-bond acceptors (Lipinski definition) is 3. The van der Waals surface area contributed by atoms with Crippen LogP contribution in [0, 0.1) is 11.8 Å². The molecule has 5 nitrogen and oxygen atoms in total. The van der Waals surface area contributed by atoms with Gasteiger partial charge >= 0.3 is 6.09 Å². The molecule has 1 saturated carbocycles. The fourth-order valence-corrected chi connectivity index (χ4v) is 4.92. The number of hydrogen-bond donors (Lipinski definition) is 0. The van der Waals surface area contributed by atoms with Gasteiger partial charge in [0.1, 0.15) is 5.60 Å². The molecule has 1 saturated heterocycles. The lowest BCUT2D eigenvalue weighted by atomic mass is 10.0. The highest BCUT2D eigenvalue weighted by atomic mass is 16.6. The van der Waals surface area contributed by atoms with Crippen LogP contribution in [0.1, 0.15) is 63.4 Å². The third-order valence-corrected chi connectivity index (χ3v) is 6.23. The van der Waals surface area contributed by atoms with E-state index in [1.807, 2.05) is 25.7 Å². The Morgan fingerprint density at radius 3 is 2.38 bits per heavy atom. The normalized spacial score (nSPS) is 24.0. The molecule has 1 aromatic carbocycles. The number of carbonyl (C=O) groups excluding carboxylic acids is 1. The average molecular weight is 396 g/mol. The number of fused-ring (bicyclic) bond motifs is 1. The maximum Gasteiger partial charge on any atom is 0.410 e. The van der Waals surface area contributed by atoms with Crippen LogP contribution in [-0.2, 0) is 17.7 Å². The molecule has 5 heteroatoms. The Labute approximate surface area is 174 Å². The second-order valence-electron chi connectivity index (χ2n) is 9.61. The topological polar surface area (TPSA) is 47.4 Å². The van der Waals surface area contributed by atoms with Gasteiger partial charge in [0.05, 0.1) is 5.69 Å². The Morgan fingerprint density at radius 2 is 1.79 bits per heavy atom. The number of carbonyl (C=O) groups is 1. The van der Waals surface area contributed by atoms with Gasteiger partial charge in [0.15, 0.2) is 0 Å². The molecule has 0 N–H and O–H groups in total. The highest BCUT2D eigenvalue weighted by Crippen LogP contribution is 2.46. The van der Waals surface area contributed by atoms with E-state index < -0.39 is 5.60 Å². The molecule has 4 rings (SSSR count). The second kappa shape index (κ2) is 7.85. The van der Waals surface area contributed by atoms with E-state index in [4.69, 9.17) is 9.84 Å². The Hall–Kier alpha value is -2.30. The molecule has 0 radical (unpaired) electrons. The lowest BCUT2D eigenvalue weighted by Gasteiger charge is -2.25. The first-order valence-electron chi connectivity index (χ1n) is 10.9. The van der Waals surface area contributed by atoms with E-state index in [9.17, 15) is 4.79 Å². The Morgan fingerprint density at radius 1 is 1.14 bits per heavy atom. The number of likely N-dealkylation sites (tertiary alicyclic amines) is 1. The van der Waals surface area contributed by atoms with Crippen molar-refractivity contribution in [2.45, 2.75) is 65.0 Å². The first-order valence-corrected chi connectivity index (χ1v) is 10.9. The van der Waals surface area contributed by atoms with Crippen LogP contribution in [-0.4, -0.2) is 39.5 Å². The first-order chi connectivity index (χ1) is 13.8. The largest absolute Gasteiger partial charge is 0.444 e. The van der Waals surface area contributed by atoms with Crippen molar-refractivity contribution in [3.63, 3.8) is 0 Å². The van der Waals surface area contributed by atoms with E-state index in [2.05, 4.69) is 48.0 Å². The number of nitrogens with zero attached hydrogens (tertiary/aromatic N) is 3. The molecule has 1 aliphatic heterocycles. The van der Waals surface area contributed by atoms with Crippen LogP contribution < -0.4 is 0 Å². The summed E-state index contributed by atoms with van der Waals surface area (Å²) in [4.78, 5) is 14.3. The minimum atomic E-state index is -0.431. The number of benzene rings is 1. The summed E-state index contributed by atoms with van der Waals surface area (Å²) < 4.78 is 7.72. The number of ether oxygens (including phenoxy) is 1. The summed E-state index contributed by atoms with van der Waals surface area (Å²) in [6.45, 7) is 10.5. The minimum absolute atomic E-state index is 0.163. The molecule has 0 bridgehead atoms. The number of rotatable bonds is 4. The van der Waals surface area contributed by atoms with Gasteiger partial charge in [0, 0.05) is 37.7 Å². The fourth-order valence-electron chi connectivity index (χ4n) is 4.92.